The predicted molar refractivity (Wildman–Crippen MR) is 66.8 cm³/mol. The fourth-order valence-electron chi connectivity index (χ4n) is 1.60. The molecular weight excluding hydrogens is 260 g/mol. The molecule has 0 atom stereocenters. The third kappa shape index (κ3) is 2.98. The van der Waals surface area contributed by atoms with E-state index in [1.807, 2.05) is 13.1 Å². The van der Waals surface area contributed by atoms with Crippen LogP contribution in [0.5, 0.6) is 0 Å². The van der Waals surface area contributed by atoms with Crippen molar-refractivity contribution in [2.75, 3.05) is 11.9 Å². The summed E-state index contributed by atoms with van der Waals surface area (Å²) in [6, 6.07) is 1.87. The fourth-order valence-corrected chi connectivity index (χ4v) is 1.86. The van der Waals surface area contributed by atoms with Crippen molar-refractivity contribution in [2.45, 2.75) is 13.5 Å². The van der Waals surface area contributed by atoms with Gasteiger partial charge in [0.25, 0.3) is 0 Å². The van der Waals surface area contributed by atoms with E-state index in [0.717, 1.165) is 17.7 Å². The molecule has 0 aliphatic heterocycles. The van der Waals surface area contributed by atoms with Crippen LogP contribution in [-0.4, -0.2) is 16.3 Å². The van der Waals surface area contributed by atoms with Gasteiger partial charge < -0.3 is 5.32 Å². The summed E-state index contributed by atoms with van der Waals surface area (Å²) in [5.41, 5.74) is 1.17. The SMILES string of the molecule is Cc1cnn(CCNc2c(F)cc(F)cc2Cl)c1. The topological polar surface area (TPSA) is 29.9 Å². The fraction of sp³-hybridized carbons (Fsp3) is 0.250. The lowest BCUT2D eigenvalue weighted by molar-refractivity contribution is 0.582. The summed E-state index contributed by atoms with van der Waals surface area (Å²) in [6.45, 7) is 2.96. The average molecular weight is 272 g/mol. The number of benzene rings is 1. The Morgan fingerprint density at radius 2 is 2.17 bits per heavy atom. The largest absolute Gasteiger partial charge is 0.380 e. The first-order chi connectivity index (χ1) is 8.56. The highest BCUT2D eigenvalue weighted by atomic mass is 35.5. The number of aromatic nitrogens is 2. The van der Waals surface area contributed by atoms with E-state index in [4.69, 9.17) is 11.6 Å². The number of halogens is 3. The minimum Gasteiger partial charge on any atom is -0.380 e. The van der Waals surface area contributed by atoms with Gasteiger partial charge in [0.15, 0.2) is 5.82 Å². The summed E-state index contributed by atoms with van der Waals surface area (Å²) in [4.78, 5) is 0. The first kappa shape index (κ1) is 12.8. The number of hydrogen-bond donors (Lipinski definition) is 1. The van der Waals surface area contributed by atoms with Gasteiger partial charge in [-0.15, -0.1) is 0 Å². The highest BCUT2D eigenvalue weighted by Crippen LogP contribution is 2.26. The van der Waals surface area contributed by atoms with E-state index < -0.39 is 11.6 Å². The Morgan fingerprint density at radius 1 is 1.39 bits per heavy atom. The predicted octanol–water partition coefficient (Wildman–Crippen LogP) is 3.24. The average Bonchev–Trinajstić information content (AvgIpc) is 2.68. The van der Waals surface area contributed by atoms with Crippen LogP contribution in [0.2, 0.25) is 5.02 Å². The van der Waals surface area contributed by atoms with Gasteiger partial charge in [0, 0.05) is 18.8 Å². The molecule has 0 aliphatic carbocycles. The molecule has 0 saturated heterocycles. The number of aryl methyl sites for hydroxylation is 1. The zero-order valence-electron chi connectivity index (χ0n) is 9.75. The number of anilines is 1. The van der Waals surface area contributed by atoms with Crippen LogP contribution in [0.1, 0.15) is 5.56 Å². The third-order valence-corrected chi connectivity index (χ3v) is 2.71. The standard InChI is InChI=1S/C12H12ClF2N3/c1-8-6-17-18(7-8)3-2-16-12-10(13)4-9(14)5-11(12)15/h4-7,16H,2-3H2,1H3. The quantitative estimate of drug-likeness (QED) is 0.925. The number of nitrogens with one attached hydrogen (secondary N) is 1. The van der Waals surface area contributed by atoms with Crippen LogP contribution in [0.4, 0.5) is 14.5 Å². The molecule has 0 saturated carbocycles. The second kappa shape index (κ2) is 5.35. The Balaban J connectivity index is 1.98. The van der Waals surface area contributed by atoms with Crippen LogP contribution >= 0.6 is 11.6 Å². The molecule has 18 heavy (non-hydrogen) atoms. The molecule has 2 rings (SSSR count). The Hall–Kier alpha value is -1.62. The molecule has 0 bridgehead atoms. The molecule has 1 aromatic carbocycles. The van der Waals surface area contributed by atoms with Gasteiger partial charge in [0.2, 0.25) is 0 Å². The molecular formula is C12H12ClF2N3. The molecule has 0 unspecified atom stereocenters. The van der Waals surface area contributed by atoms with Crippen molar-refractivity contribution in [1.82, 2.24) is 9.78 Å². The number of nitrogens with zero attached hydrogens (tertiary/aromatic N) is 2. The van der Waals surface area contributed by atoms with E-state index in [2.05, 4.69) is 10.4 Å². The lowest BCUT2D eigenvalue weighted by Gasteiger charge is -2.09. The van der Waals surface area contributed by atoms with Crippen molar-refractivity contribution >= 4 is 17.3 Å². The van der Waals surface area contributed by atoms with Crippen LogP contribution in [-0.2, 0) is 6.54 Å². The molecule has 2 aromatic rings. The Labute approximate surface area is 108 Å². The maximum absolute atomic E-state index is 13.4. The first-order valence-corrected chi connectivity index (χ1v) is 5.81. The summed E-state index contributed by atoms with van der Waals surface area (Å²) >= 11 is 5.76. The zero-order chi connectivity index (χ0) is 13.1. The second-order valence-corrected chi connectivity index (χ2v) is 4.36. The normalized spacial score (nSPS) is 10.7. The van der Waals surface area contributed by atoms with Gasteiger partial charge in [0.1, 0.15) is 5.82 Å². The summed E-state index contributed by atoms with van der Waals surface area (Å²) in [6.07, 6.45) is 3.62. The zero-order valence-corrected chi connectivity index (χ0v) is 10.5. The monoisotopic (exact) mass is 271 g/mol. The van der Waals surface area contributed by atoms with Gasteiger partial charge in [-0.2, -0.15) is 5.10 Å². The molecule has 1 aromatic heterocycles. The van der Waals surface area contributed by atoms with Gasteiger partial charge in [0.05, 0.1) is 23.5 Å². The van der Waals surface area contributed by atoms with Crippen LogP contribution < -0.4 is 5.32 Å². The summed E-state index contributed by atoms with van der Waals surface area (Å²) in [5.74, 6) is -1.39. The first-order valence-electron chi connectivity index (χ1n) is 5.44. The Bertz CT molecular complexity index is 531. The van der Waals surface area contributed by atoms with Crippen molar-refractivity contribution < 1.29 is 8.78 Å². The summed E-state index contributed by atoms with van der Waals surface area (Å²) in [7, 11) is 0. The van der Waals surface area contributed by atoms with E-state index in [1.165, 1.54) is 0 Å². The van der Waals surface area contributed by atoms with Crippen LogP contribution in [0.3, 0.4) is 0 Å². The molecule has 0 amide bonds. The molecule has 1 N–H and O–H groups in total. The maximum Gasteiger partial charge on any atom is 0.150 e. The molecule has 0 radical (unpaired) electrons. The van der Waals surface area contributed by atoms with Crippen molar-refractivity contribution in [3.05, 3.63) is 46.7 Å². The third-order valence-electron chi connectivity index (χ3n) is 2.41. The van der Waals surface area contributed by atoms with Gasteiger partial charge in [-0.1, -0.05) is 11.6 Å². The van der Waals surface area contributed by atoms with Crippen molar-refractivity contribution in [3.8, 4) is 0 Å². The van der Waals surface area contributed by atoms with E-state index in [1.54, 1.807) is 10.9 Å². The van der Waals surface area contributed by atoms with Crippen LogP contribution in [0.25, 0.3) is 0 Å². The van der Waals surface area contributed by atoms with E-state index in [-0.39, 0.29) is 10.7 Å². The molecule has 0 aliphatic rings. The van der Waals surface area contributed by atoms with Gasteiger partial charge in [-0.05, 0) is 18.6 Å². The molecule has 0 fully saturated rings. The van der Waals surface area contributed by atoms with Gasteiger partial charge >= 0.3 is 0 Å². The molecule has 6 heteroatoms. The lowest BCUT2D eigenvalue weighted by Crippen LogP contribution is -2.12. The van der Waals surface area contributed by atoms with E-state index in [0.29, 0.717) is 13.1 Å². The van der Waals surface area contributed by atoms with Gasteiger partial charge in [-0.25, -0.2) is 8.78 Å². The molecule has 96 valence electrons. The van der Waals surface area contributed by atoms with Crippen LogP contribution in [0, 0.1) is 18.6 Å². The minimum atomic E-state index is -0.698. The van der Waals surface area contributed by atoms with Crippen molar-refractivity contribution in [1.29, 1.82) is 0 Å². The highest BCUT2D eigenvalue weighted by molar-refractivity contribution is 6.33. The van der Waals surface area contributed by atoms with Gasteiger partial charge in [-0.3, -0.25) is 4.68 Å². The summed E-state index contributed by atoms with van der Waals surface area (Å²) in [5, 5.41) is 6.96. The number of rotatable bonds is 4. The maximum atomic E-state index is 13.4. The smallest absolute Gasteiger partial charge is 0.150 e. The molecule has 0 spiro atoms. The Morgan fingerprint density at radius 3 is 2.78 bits per heavy atom. The van der Waals surface area contributed by atoms with E-state index in [9.17, 15) is 8.78 Å². The Kier molecular flexibility index (Phi) is 3.81. The second-order valence-electron chi connectivity index (χ2n) is 3.95. The highest BCUT2D eigenvalue weighted by Gasteiger charge is 2.09. The minimum absolute atomic E-state index is 0.0316. The lowest BCUT2D eigenvalue weighted by atomic mass is 10.3. The van der Waals surface area contributed by atoms with Crippen molar-refractivity contribution in [2.24, 2.45) is 0 Å². The van der Waals surface area contributed by atoms with Crippen molar-refractivity contribution in [3.63, 3.8) is 0 Å². The summed E-state index contributed by atoms with van der Waals surface area (Å²) < 4.78 is 28.0. The number of hydrogen-bond acceptors (Lipinski definition) is 2. The van der Waals surface area contributed by atoms with Crippen LogP contribution in [0.15, 0.2) is 24.5 Å². The van der Waals surface area contributed by atoms with E-state index >= 15 is 0 Å². The molecule has 1 heterocycles. The molecule has 3 nitrogen and oxygen atoms in total.